The lowest BCUT2D eigenvalue weighted by Gasteiger charge is -2.15. The van der Waals surface area contributed by atoms with E-state index in [2.05, 4.69) is 0 Å². The van der Waals surface area contributed by atoms with Crippen molar-refractivity contribution in [3.8, 4) is 5.75 Å². The van der Waals surface area contributed by atoms with Gasteiger partial charge < -0.3 is 19.5 Å². The van der Waals surface area contributed by atoms with Gasteiger partial charge in [-0.25, -0.2) is 0 Å². The van der Waals surface area contributed by atoms with Crippen LogP contribution in [0, 0.1) is 0 Å². The smallest absolute Gasteiger partial charge is 0.310 e. The Kier molecular flexibility index (Phi) is 6.90. The molecular formula is C18H22O5S. The van der Waals surface area contributed by atoms with Crippen LogP contribution in [-0.2, 0) is 16.0 Å². The first-order valence-corrected chi connectivity index (χ1v) is 9.30. The zero-order valence-electron chi connectivity index (χ0n) is 13.6. The van der Waals surface area contributed by atoms with Gasteiger partial charge in [0.25, 0.3) is 0 Å². The van der Waals surface area contributed by atoms with Gasteiger partial charge >= 0.3 is 5.97 Å². The third-order valence-corrected chi connectivity index (χ3v) is 5.34. The molecule has 0 fully saturated rings. The van der Waals surface area contributed by atoms with Gasteiger partial charge in [-0.15, -0.1) is 0 Å². The molecule has 6 heteroatoms. The van der Waals surface area contributed by atoms with E-state index in [1.807, 2.05) is 36.4 Å². The minimum absolute atomic E-state index is 0.108. The third-order valence-electron chi connectivity index (χ3n) is 3.96. The van der Waals surface area contributed by atoms with Gasteiger partial charge in [-0.3, -0.25) is 4.79 Å². The zero-order valence-corrected chi connectivity index (χ0v) is 14.4. The molecule has 0 aliphatic carbocycles. The Balaban J connectivity index is 2.12. The van der Waals surface area contributed by atoms with E-state index in [9.17, 15) is 14.5 Å². The number of carbonyl (C=O) groups is 1. The van der Waals surface area contributed by atoms with Crippen molar-refractivity contribution >= 4 is 27.9 Å². The standard InChI is InChI=1S/C18H22O5S/c1-23-16-7-6-13-11-15(5-4-14(13)12-16)17(18(20)21)3-2-9-24(22)10-8-19/h4-7,11-12,17,19H,2-3,8-10H2,1H3,(H,20,21)/t17-,24?/m0/s1. The highest BCUT2D eigenvalue weighted by molar-refractivity contribution is 7.91. The van der Waals surface area contributed by atoms with Crippen LogP contribution in [0.5, 0.6) is 5.75 Å². The van der Waals surface area contributed by atoms with E-state index >= 15 is 0 Å². The van der Waals surface area contributed by atoms with Crippen molar-refractivity contribution in [1.82, 2.24) is 0 Å². The van der Waals surface area contributed by atoms with E-state index in [-0.39, 0.29) is 12.4 Å². The fourth-order valence-electron chi connectivity index (χ4n) is 2.67. The first-order chi connectivity index (χ1) is 11.5. The number of rotatable bonds is 9. The summed E-state index contributed by atoms with van der Waals surface area (Å²) in [4.78, 5) is 11.6. The van der Waals surface area contributed by atoms with Gasteiger partial charge in [0.15, 0.2) is 0 Å². The summed E-state index contributed by atoms with van der Waals surface area (Å²) in [6.07, 6.45) is 0.971. The summed E-state index contributed by atoms with van der Waals surface area (Å²) >= 11 is -1.09. The molecule has 24 heavy (non-hydrogen) atoms. The second kappa shape index (κ2) is 8.92. The molecule has 0 bridgehead atoms. The number of carboxylic acids is 1. The summed E-state index contributed by atoms with van der Waals surface area (Å²) in [7, 11) is 1.61. The molecule has 1 unspecified atom stereocenters. The number of aliphatic hydroxyl groups is 1. The summed E-state index contributed by atoms with van der Waals surface area (Å²) < 4.78 is 16.8. The maximum Gasteiger partial charge on any atom is 0.310 e. The van der Waals surface area contributed by atoms with Gasteiger partial charge in [0, 0.05) is 0 Å². The molecule has 0 saturated heterocycles. The van der Waals surface area contributed by atoms with Crippen molar-refractivity contribution < 1.29 is 24.3 Å². The van der Waals surface area contributed by atoms with Crippen molar-refractivity contribution in [2.24, 2.45) is 0 Å². The lowest BCUT2D eigenvalue weighted by molar-refractivity contribution is -0.139. The molecule has 2 atom stereocenters. The fourth-order valence-corrected chi connectivity index (χ4v) is 3.57. The minimum atomic E-state index is -1.09. The molecule has 0 aromatic heterocycles. The van der Waals surface area contributed by atoms with Crippen molar-refractivity contribution in [2.45, 2.75) is 18.8 Å². The predicted octanol–water partition coefficient (Wildman–Crippen LogP) is 2.54. The van der Waals surface area contributed by atoms with Crippen LogP contribution in [0.15, 0.2) is 36.4 Å². The Bertz CT molecular complexity index is 688. The van der Waals surface area contributed by atoms with Crippen molar-refractivity contribution in [2.75, 3.05) is 25.2 Å². The topological polar surface area (TPSA) is 89.8 Å². The number of carboxylic acid groups (broad SMARTS) is 1. The van der Waals surface area contributed by atoms with Crippen molar-refractivity contribution in [3.05, 3.63) is 42.0 Å². The molecule has 0 aliphatic rings. The number of aliphatic hydroxyl groups excluding tert-OH is 1. The lowest BCUT2D eigenvalue weighted by Crippen LogP contribution is -2.17. The number of fused-ring (bicyclic) bond motifs is 1. The van der Waals surface area contributed by atoms with Crippen molar-refractivity contribution in [1.29, 1.82) is 0 Å². The molecular weight excluding hydrogens is 328 g/mol. The summed E-state index contributed by atoms with van der Waals surface area (Å²) in [5, 5.41) is 20.2. The highest BCUT2D eigenvalue weighted by Gasteiger charge is 2.21. The van der Waals surface area contributed by atoms with Gasteiger partial charge in [-0.1, -0.05) is 35.4 Å². The van der Waals surface area contributed by atoms with Crippen LogP contribution in [0.3, 0.4) is 0 Å². The highest BCUT2D eigenvalue weighted by atomic mass is 32.2. The number of hydrogen-bond donors (Lipinski definition) is 2. The Morgan fingerprint density at radius 2 is 1.92 bits per heavy atom. The van der Waals surface area contributed by atoms with Gasteiger partial charge in [-0.2, -0.15) is 0 Å². The van der Waals surface area contributed by atoms with Crippen LogP contribution in [-0.4, -0.2) is 46.0 Å². The largest absolute Gasteiger partial charge is 0.616 e. The molecule has 5 nitrogen and oxygen atoms in total. The van der Waals surface area contributed by atoms with Crippen LogP contribution in [0.4, 0.5) is 0 Å². The molecule has 0 saturated carbocycles. The molecule has 2 aromatic carbocycles. The molecule has 0 amide bonds. The maximum atomic E-state index is 11.6. The SMILES string of the molecule is COc1ccc2cc([C@H](CCC[S+]([O-])CCO)C(=O)O)ccc2c1. The molecule has 0 aliphatic heterocycles. The number of ether oxygens (including phenoxy) is 1. The third kappa shape index (κ3) is 4.87. The van der Waals surface area contributed by atoms with Crippen LogP contribution >= 0.6 is 0 Å². The number of aliphatic carboxylic acids is 1. The molecule has 2 N–H and O–H groups in total. The number of methoxy groups -OCH3 is 1. The number of benzene rings is 2. The minimum Gasteiger partial charge on any atom is -0.616 e. The fraction of sp³-hybridized carbons (Fsp3) is 0.389. The first kappa shape index (κ1) is 18.6. The molecule has 0 heterocycles. The van der Waals surface area contributed by atoms with Gasteiger partial charge in [0.05, 0.1) is 19.6 Å². The Morgan fingerprint density at radius 1 is 1.21 bits per heavy atom. The lowest BCUT2D eigenvalue weighted by atomic mass is 9.92. The Hall–Kier alpha value is -1.76. The van der Waals surface area contributed by atoms with E-state index in [1.54, 1.807) is 7.11 Å². The molecule has 0 spiro atoms. The van der Waals surface area contributed by atoms with Crippen molar-refractivity contribution in [3.63, 3.8) is 0 Å². The summed E-state index contributed by atoms with van der Waals surface area (Å²) in [5.41, 5.74) is 0.744. The highest BCUT2D eigenvalue weighted by Crippen LogP contribution is 2.28. The maximum absolute atomic E-state index is 11.6. The Morgan fingerprint density at radius 3 is 2.58 bits per heavy atom. The quantitative estimate of drug-likeness (QED) is 0.678. The number of hydrogen-bond acceptors (Lipinski definition) is 4. The predicted molar refractivity (Wildman–Crippen MR) is 95.1 cm³/mol. The molecule has 2 rings (SSSR count). The van der Waals surface area contributed by atoms with Crippen LogP contribution < -0.4 is 4.74 Å². The summed E-state index contributed by atoms with van der Waals surface area (Å²) in [5.74, 6) is -0.0835. The normalized spacial score (nSPS) is 13.6. The van der Waals surface area contributed by atoms with E-state index in [1.165, 1.54) is 0 Å². The summed E-state index contributed by atoms with van der Waals surface area (Å²) in [6, 6.07) is 11.3. The zero-order chi connectivity index (χ0) is 17.5. The average molecular weight is 350 g/mol. The molecule has 130 valence electrons. The van der Waals surface area contributed by atoms with E-state index in [4.69, 9.17) is 9.84 Å². The van der Waals surface area contributed by atoms with Gasteiger partial charge in [0.2, 0.25) is 0 Å². The first-order valence-electron chi connectivity index (χ1n) is 7.81. The molecule has 0 radical (unpaired) electrons. The van der Waals surface area contributed by atoms with Gasteiger partial charge in [0.1, 0.15) is 17.3 Å². The molecule has 2 aromatic rings. The van der Waals surface area contributed by atoms with Gasteiger partial charge in [-0.05, 0) is 41.3 Å². The van der Waals surface area contributed by atoms with Crippen LogP contribution in [0.25, 0.3) is 10.8 Å². The van der Waals surface area contributed by atoms with E-state index < -0.39 is 23.1 Å². The second-order valence-corrected chi connectivity index (χ2v) is 7.27. The van der Waals surface area contributed by atoms with Crippen LogP contribution in [0.2, 0.25) is 0 Å². The summed E-state index contributed by atoms with van der Waals surface area (Å²) in [6.45, 7) is -0.108. The van der Waals surface area contributed by atoms with E-state index in [0.717, 1.165) is 22.1 Å². The van der Waals surface area contributed by atoms with Crippen LogP contribution in [0.1, 0.15) is 24.3 Å². The second-order valence-electron chi connectivity index (χ2n) is 5.58. The van der Waals surface area contributed by atoms with E-state index in [0.29, 0.717) is 18.6 Å². The monoisotopic (exact) mass is 350 g/mol. The Labute approximate surface area is 144 Å². The average Bonchev–Trinajstić information content (AvgIpc) is 2.57.